The highest BCUT2D eigenvalue weighted by Gasteiger charge is 2.26. The van der Waals surface area contributed by atoms with E-state index in [2.05, 4.69) is 15.9 Å². The average Bonchev–Trinajstić information content (AvgIpc) is 2.98. The molecule has 0 aliphatic carbocycles. The molecule has 2 rings (SSSR count). The normalized spacial score (nSPS) is 20.2. The van der Waals surface area contributed by atoms with Crippen molar-refractivity contribution in [1.29, 1.82) is 0 Å². The topological polar surface area (TPSA) is 55.9 Å². The molecule has 15 heavy (non-hydrogen) atoms. The molecular weight excluding hydrogens is 284 g/mol. The van der Waals surface area contributed by atoms with Crippen LogP contribution in [0.2, 0.25) is 0 Å². The minimum atomic E-state index is -3.65. The lowest BCUT2D eigenvalue weighted by Gasteiger charge is -2.03. The molecule has 1 fully saturated rings. The molecule has 1 heterocycles. The number of epoxide rings is 1. The highest BCUT2D eigenvalue weighted by atomic mass is 79.9. The van der Waals surface area contributed by atoms with Gasteiger partial charge in [-0.3, -0.25) is 4.18 Å². The quantitative estimate of drug-likeness (QED) is 0.624. The largest absolute Gasteiger partial charge is 0.371 e. The van der Waals surface area contributed by atoms with E-state index in [1.54, 1.807) is 12.1 Å². The van der Waals surface area contributed by atoms with Crippen molar-refractivity contribution >= 4 is 26.0 Å². The maximum absolute atomic E-state index is 11.6. The Morgan fingerprint density at radius 3 is 2.87 bits per heavy atom. The summed E-state index contributed by atoms with van der Waals surface area (Å²) < 4.78 is 33.6. The molecule has 1 aliphatic heterocycles. The fourth-order valence-corrected chi connectivity index (χ4v) is 2.55. The highest BCUT2D eigenvalue weighted by molar-refractivity contribution is 9.10. The van der Waals surface area contributed by atoms with Gasteiger partial charge >= 0.3 is 0 Å². The molecule has 1 atom stereocenters. The van der Waals surface area contributed by atoms with E-state index in [0.29, 0.717) is 11.1 Å². The van der Waals surface area contributed by atoms with Crippen molar-refractivity contribution < 1.29 is 17.3 Å². The van der Waals surface area contributed by atoms with Gasteiger partial charge in [0.15, 0.2) is 0 Å². The lowest BCUT2D eigenvalue weighted by molar-refractivity contribution is 0.266. The van der Waals surface area contributed by atoms with Crippen LogP contribution < -0.4 is 0 Å². The maximum Gasteiger partial charge on any atom is 0.297 e. The van der Waals surface area contributed by atoms with E-state index in [0.717, 1.165) is 0 Å². The van der Waals surface area contributed by atoms with Crippen LogP contribution in [0, 0.1) is 0 Å². The van der Waals surface area contributed by atoms with Crippen LogP contribution in [0.15, 0.2) is 33.6 Å². The summed E-state index contributed by atoms with van der Waals surface area (Å²) in [4.78, 5) is 0.150. The van der Waals surface area contributed by atoms with Gasteiger partial charge in [-0.05, 0) is 18.2 Å². The summed E-state index contributed by atoms with van der Waals surface area (Å²) in [5.41, 5.74) is 0. The van der Waals surface area contributed by atoms with Gasteiger partial charge in [-0.15, -0.1) is 0 Å². The molecule has 0 spiro atoms. The molecule has 6 heteroatoms. The molecule has 82 valence electrons. The van der Waals surface area contributed by atoms with Crippen molar-refractivity contribution in [3.8, 4) is 0 Å². The fourth-order valence-electron chi connectivity index (χ4n) is 1.02. The van der Waals surface area contributed by atoms with Crippen LogP contribution in [0.25, 0.3) is 0 Å². The Labute approximate surface area is 96.4 Å². The van der Waals surface area contributed by atoms with Crippen LogP contribution in [-0.4, -0.2) is 27.7 Å². The Balaban J connectivity index is 2.12. The molecule has 1 aliphatic rings. The van der Waals surface area contributed by atoms with Gasteiger partial charge in [0.05, 0.1) is 18.1 Å². The molecule has 0 aromatic heterocycles. The third-order valence-electron chi connectivity index (χ3n) is 1.90. The molecule has 0 bridgehead atoms. The monoisotopic (exact) mass is 292 g/mol. The molecular formula is C9H9BrO4S. The van der Waals surface area contributed by atoms with Gasteiger partial charge in [0.2, 0.25) is 0 Å². The van der Waals surface area contributed by atoms with Gasteiger partial charge in [-0.2, -0.15) is 8.42 Å². The highest BCUT2D eigenvalue weighted by Crippen LogP contribution is 2.19. The van der Waals surface area contributed by atoms with E-state index in [1.165, 1.54) is 12.1 Å². The Morgan fingerprint density at radius 1 is 1.53 bits per heavy atom. The van der Waals surface area contributed by atoms with Crippen molar-refractivity contribution in [3.63, 3.8) is 0 Å². The summed E-state index contributed by atoms with van der Waals surface area (Å²) in [6.07, 6.45) is -0.0630. The van der Waals surface area contributed by atoms with E-state index in [4.69, 9.17) is 8.92 Å². The Kier molecular flexibility index (Phi) is 3.11. The molecule has 0 N–H and O–H groups in total. The van der Waals surface area contributed by atoms with Crippen molar-refractivity contribution in [3.05, 3.63) is 28.7 Å². The van der Waals surface area contributed by atoms with E-state index < -0.39 is 10.1 Å². The van der Waals surface area contributed by atoms with Crippen LogP contribution in [0.4, 0.5) is 0 Å². The van der Waals surface area contributed by atoms with E-state index in [1.807, 2.05) is 0 Å². The van der Waals surface area contributed by atoms with Crippen molar-refractivity contribution in [1.82, 2.24) is 0 Å². The van der Waals surface area contributed by atoms with Gasteiger partial charge < -0.3 is 4.74 Å². The fraction of sp³-hybridized carbons (Fsp3) is 0.333. The first-order chi connectivity index (χ1) is 7.08. The summed E-state index contributed by atoms with van der Waals surface area (Å²) >= 11 is 3.20. The predicted molar refractivity (Wildman–Crippen MR) is 57.0 cm³/mol. The van der Waals surface area contributed by atoms with Crippen LogP contribution in [0.1, 0.15) is 0 Å². The first-order valence-corrected chi connectivity index (χ1v) is 6.55. The van der Waals surface area contributed by atoms with Gasteiger partial charge in [0, 0.05) is 4.47 Å². The van der Waals surface area contributed by atoms with Crippen molar-refractivity contribution in [2.75, 3.05) is 13.2 Å². The van der Waals surface area contributed by atoms with E-state index in [-0.39, 0.29) is 17.6 Å². The minimum Gasteiger partial charge on any atom is -0.371 e. The molecule has 1 aromatic carbocycles. The number of rotatable bonds is 4. The van der Waals surface area contributed by atoms with Gasteiger partial charge in [0.1, 0.15) is 6.10 Å². The zero-order valence-corrected chi connectivity index (χ0v) is 10.1. The lowest BCUT2D eigenvalue weighted by Crippen LogP contribution is -2.10. The predicted octanol–water partition coefficient (Wildman–Crippen LogP) is 1.55. The third kappa shape index (κ3) is 3.01. The number of hydrogen-bond donors (Lipinski definition) is 0. The van der Waals surface area contributed by atoms with Crippen molar-refractivity contribution in [2.24, 2.45) is 0 Å². The zero-order valence-electron chi connectivity index (χ0n) is 7.72. The Bertz CT molecular complexity index is 453. The summed E-state index contributed by atoms with van der Waals surface area (Å²) in [5, 5.41) is 0. The summed E-state index contributed by atoms with van der Waals surface area (Å²) in [6, 6.07) is 6.40. The Hall–Kier alpha value is -0.430. The molecule has 0 radical (unpaired) electrons. The summed E-state index contributed by atoms with van der Waals surface area (Å²) in [5.74, 6) is 0. The number of ether oxygens (including phenoxy) is 1. The minimum absolute atomic E-state index is 0.0630. The maximum atomic E-state index is 11.6. The summed E-state index contributed by atoms with van der Waals surface area (Å²) in [6.45, 7) is 0.669. The first-order valence-electron chi connectivity index (χ1n) is 4.34. The number of halogens is 1. The number of benzene rings is 1. The van der Waals surface area contributed by atoms with Crippen LogP contribution in [0.5, 0.6) is 0 Å². The molecule has 0 unspecified atom stereocenters. The van der Waals surface area contributed by atoms with Crippen molar-refractivity contribution in [2.45, 2.75) is 11.0 Å². The SMILES string of the molecule is O=S(=O)(OC[C@@H]1CO1)c1cccc(Br)c1. The Morgan fingerprint density at radius 2 is 2.27 bits per heavy atom. The second kappa shape index (κ2) is 4.21. The van der Waals surface area contributed by atoms with Crippen LogP contribution in [-0.2, 0) is 19.0 Å². The summed E-state index contributed by atoms with van der Waals surface area (Å²) in [7, 11) is -3.65. The van der Waals surface area contributed by atoms with E-state index >= 15 is 0 Å². The average molecular weight is 293 g/mol. The smallest absolute Gasteiger partial charge is 0.297 e. The molecule has 0 saturated carbocycles. The first kappa shape index (κ1) is 11.1. The van der Waals surface area contributed by atoms with Gasteiger partial charge in [0.25, 0.3) is 10.1 Å². The third-order valence-corrected chi connectivity index (χ3v) is 3.67. The van der Waals surface area contributed by atoms with Gasteiger partial charge in [-0.25, -0.2) is 0 Å². The molecule has 1 aromatic rings. The molecule has 1 saturated heterocycles. The zero-order chi connectivity index (χ0) is 10.9. The second-order valence-corrected chi connectivity index (χ2v) is 5.68. The number of hydrogen-bond acceptors (Lipinski definition) is 4. The van der Waals surface area contributed by atoms with Gasteiger partial charge in [-0.1, -0.05) is 22.0 Å². The standard InChI is InChI=1S/C9H9BrO4S/c10-7-2-1-3-9(4-7)15(11,12)14-6-8-5-13-8/h1-4,8H,5-6H2/t8-/m0/s1. The second-order valence-electron chi connectivity index (χ2n) is 3.15. The molecule has 0 amide bonds. The lowest BCUT2D eigenvalue weighted by atomic mass is 10.4. The van der Waals surface area contributed by atoms with E-state index in [9.17, 15) is 8.42 Å². The van der Waals surface area contributed by atoms with Crippen LogP contribution >= 0.6 is 15.9 Å². The van der Waals surface area contributed by atoms with Crippen LogP contribution in [0.3, 0.4) is 0 Å². The molecule has 4 nitrogen and oxygen atoms in total.